The van der Waals surface area contributed by atoms with Crippen molar-refractivity contribution in [3.8, 4) is 0 Å². The Kier molecular flexibility index (Phi) is 3.98. The van der Waals surface area contributed by atoms with Crippen LogP contribution in [0.5, 0.6) is 0 Å². The molecule has 0 spiro atoms. The number of nitrogens with zero attached hydrogens (tertiary/aromatic N) is 4. The number of H-pyrrole nitrogens is 1. The van der Waals surface area contributed by atoms with Crippen LogP contribution in [0, 0.1) is 0 Å². The normalized spacial score (nSPS) is 9.94. The van der Waals surface area contributed by atoms with Crippen LogP contribution >= 0.6 is 0 Å². The summed E-state index contributed by atoms with van der Waals surface area (Å²) in [5.41, 5.74) is 0.216. The van der Waals surface area contributed by atoms with Gasteiger partial charge in [0.2, 0.25) is 5.91 Å². The highest BCUT2D eigenvalue weighted by molar-refractivity contribution is 5.94. The van der Waals surface area contributed by atoms with Crippen LogP contribution in [0.1, 0.15) is 17.4 Å². The predicted molar refractivity (Wildman–Crippen MR) is 56.7 cm³/mol. The highest BCUT2D eigenvalue weighted by Gasteiger charge is 2.19. The van der Waals surface area contributed by atoms with E-state index in [4.69, 9.17) is 0 Å². The molecule has 16 heavy (non-hydrogen) atoms. The first kappa shape index (κ1) is 12.2. The van der Waals surface area contributed by atoms with Crippen molar-refractivity contribution in [2.75, 3.05) is 27.2 Å². The van der Waals surface area contributed by atoms with E-state index >= 15 is 0 Å². The monoisotopic (exact) mass is 225 g/mol. The van der Waals surface area contributed by atoms with Gasteiger partial charge in [-0.1, -0.05) is 0 Å². The van der Waals surface area contributed by atoms with Gasteiger partial charge >= 0.3 is 0 Å². The molecular formula is C9H15N5O2. The number of carbonyl (C=O) groups is 2. The minimum Gasteiger partial charge on any atom is -0.347 e. The fourth-order valence-electron chi connectivity index (χ4n) is 1.10. The lowest BCUT2D eigenvalue weighted by molar-refractivity contribution is -0.129. The lowest BCUT2D eigenvalue weighted by Crippen LogP contribution is -2.40. The molecule has 0 saturated heterocycles. The summed E-state index contributed by atoms with van der Waals surface area (Å²) in [4.78, 5) is 26.2. The number of carbonyl (C=O) groups excluding carboxylic acids is 2. The largest absolute Gasteiger partial charge is 0.347 e. The summed E-state index contributed by atoms with van der Waals surface area (Å²) in [6.45, 7) is 2.31. The molecule has 2 amide bonds. The first-order valence-corrected chi connectivity index (χ1v) is 4.91. The minimum atomic E-state index is -0.300. The lowest BCUT2D eigenvalue weighted by atomic mass is 10.3. The van der Waals surface area contributed by atoms with Gasteiger partial charge in [0.05, 0.1) is 6.20 Å². The Morgan fingerprint density at radius 2 is 2.12 bits per heavy atom. The smallest absolute Gasteiger partial charge is 0.276 e. The minimum absolute atomic E-state index is 0.0508. The number of likely N-dealkylation sites (N-methyl/N-ethyl adjacent to an activating group) is 2. The molecule has 0 aliphatic carbocycles. The van der Waals surface area contributed by atoms with Crippen LogP contribution in [0.25, 0.3) is 0 Å². The van der Waals surface area contributed by atoms with Gasteiger partial charge < -0.3 is 9.80 Å². The van der Waals surface area contributed by atoms with Crippen molar-refractivity contribution in [1.29, 1.82) is 0 Å². The van der Waals surface area contributed by atoms with Crippen LogP contribution in [-0.4, -0.2) is 64.2 Å². The summed E-state index contributed by atoms with van der Waals surface area (Å²) in [7, 11) is 3.30. The third kappa shape index (κ3) is 2.78. The molecule has 1 heterocycles. The van der Waals surface area contributed by atoms with Gasteiger partial charge in [0, 0.05) is 20.6 Å². The van der Waals surface area contributed by atoms with Gasteiger partial charge in [-0.15, -0.1) is 0 Å². The molecule has 0 aliphatic rings. The summed E-state index contributed by atoms with van der Waals surface area (Å²) in [6, 6.07) is 0. The Morgan fingerprint density at radius 1 is 1.44 bits per heavy atom. The molecule has 0 fully saturated rings. The molecule has 0 unspecified atom stereocenters. The van der Waals surface area contributed by atoms with Gasteiger partial charge in [0.25, 0.3) is 5.91 Å². The molecule has 0 aromatic carbocycles. The number of hydrogen-bond donors (Lipinski definition) is 1. The Labute approximate surface area is 93.4 Å². The van der Waals surface area contributed by atoms with Crippen molar-refractivity contribution in [2.24, 2.45) is 0 Å². The van der Waals surface area contributed by atoms with Crippen LogP contribution < -0.4 is 0 Å². The van der Waals surface area contributed by atoms with Crippen molar-refractivity contribution in [1.82, 2.24) is 25.2 Å². The summed E-state index contributed by atoms with van der Waals surface area (Å²) < 4.78 is 0. The van der Waals surface area contributed by atoms with Crippen LogP contribution in [0.4, 0.5) is 0 Å². The van der Waals surface area contributed by atoms with E-state index in [1.54, 1.807) is 21.0 Å². The van der Waals surface area contributed by atoms with E-state index in [0.29, 0.717) is 6.54 Å². The van der Waals surface area contributed by atoms with E-state index in [1.807, 2.05) is 0 Å². The van der Waals surface area contributed by atoms with E-state index in [0.717, 1.165) is 0 Å². The van der Waals surface area contributed by atoms with Gasteiger partial charge in [-0.05, 0) is 6.92 Å². The second kappa shape index (κ2) is 5.24. The molecule has 1 N–H and O–H groups in total. The molecule has 1 aromatic rings. The van der Waals surface area contributed by atoms with Gasteiger partial charge in [-0.2, -0.15) is 15.4 Å². The third-order valence-electron chi connectivity index (χ3n) is 2.13. The standard InChI is InChI=1S/C9H15N5O2/c1-4-14(6-8(15)13(2)3)9(16)7-5-10-12-11-7/h5H,4,6H2,1-3H3,(H,10,11,12). The van der Waals surface area contributed by atoms with Crippen LogP contribution in [0.3, 0.4) is 0 Å². The lowest BCUT2D eigenvalue weighted by Gasteiger charge is -2.21. The van der Waals surface area contributed by atoms with E-state index < -0.39 is 0 Å². The molecule has 88 valence electrons. The molecule has 0 bridgehead atoms. The zero-order chi connectivity index (χ0) is 12.1. The third-order valence-corrected chi connectivity index (χ3v) is 2.13. The summed E-state index contributed by atoms with van der Waals surface area (Å²) in [6.07, 6.45) is 1.34. The zero-order valence-electron chi connectivity index (χ0n) is 9.60. The summed E-state index contributed by atoms with van der Waals surface area (Å²) >= 11 is 0. The van der Waals surface area contributed by atoms with E-state index in [9.17, 15) is 9.59 Å². The number of hydrogen-bond acceptors (Lipinski definition) is 4. The van der Waals surface area contributed by atoms with E-state index in [2.05, 4.69) is 15.4 Å². The Balaban J connectivity index is 2.68. The molecule has 1 rings (SSSR count). The maximum absolute atomic E-state index is 11.8. The van der Waals surface area contributed by atoms with Gasteiger partial charge in [0.15, 0.2) is 5.69 Å². The zero-order valence-corrected chi connectivity index (χ0v) is 9.60. The predicted octanol–water partition coefficient (Wildman–Crippen LogP) is -0.645. The quantitative estimate of drug-likeness (QED) is 0.738. The second-order valence-electron chi connectivity index (χ2n) is 3.46. The SMILES string of the molecule is CCN(CC(=O)N(C)C)C(=O)c1cn[nH]n1. The van der Waals surface area contributed by atoms with Crippen LogP contribution in [0.2, 0.25) is 0 Å². The van der Waals surface area contributed by atoms with E-state index in [1.165, 1.54) is 16.0 Å². The molecule has 0 radical (unpaired) electrons. The highest BCUT2D eigenvalue weighted by atomic mass is 16.2. The fraction of sp³-hybridized carbons (Fsp3) is 0.556. The fourth-order valence-corrected chi connectivity index (χ4v) is 1.10. The van der Waals surface area contributed by atoms with Crippen molar-refractivity contribution in [3.63, 3.8) is 0 Å². The molecule has 0 atom stereocenters. The highest BCUT2D eigenvalue weighted by Crippen LogP contribution is 1.99. The van der Waals surface area contributed by atoms with Crippen molar-refractivity contribution >= 4 is 11.8 Å². The number of aromatic amines is 1. The van der Waals surface area contributed by atoms with Gasteiger partial charge in [-0.3, -0.25) is 9.59 Å². The van der Waals surface area contributed by atoms with Crippen molar-refractivity contribution < 1.29 is 9.59 Å². The topological polar surface area (TPSA) is 82.2 Å². The van der Waals surface area contributed by atoms with Crippen molar-refractivity contribution in [2.45, 2.75) is 6.92 Å². The Hall–Kier alpha value is -1.92. The van der Waals surface area contributed by atoms with Gasteiger partial charge in [0.1, 0.15) is 6.54 Å². The maximum Gasteiger partial charge on any atom is 0.276 e. The van der Waals surface area contributed by atoms with Gasteiger partial charge in [-0.25, -0.2) is 0 Å². The average molecular weight is 225 g/mol. The molecule has 7 heteroatoms. The summed E-state index contributed by atoms with van der Waals surface area (Å²) in [5.74, 6) is -0.426. The second-order valence-corrected chi connectivity index (χ2v) is 3.46. The maximum atomic E-state index is 11.8. The van der Waals surface area contributed by atoms with Crippen LogP contribution in [0.15, 0.2) is 6.20 Å². The van der Waals surface area contributed by atoms with Crippen LogP contribution in [-0.2, 0) is 4.79 Å². The molecule has 0 aliphatic heterocycles. The van der Waals surface area contributed by atoms with E-state index in [-0.39, 0.29) is 24.1 Å². The molecular weight excluding hydrogens is 210 g/mol. The molecule has 1 aromatic heterocycles. The summed E-state index contributed by atoms with van der Waals surface area (Å²) in [5, 5.41) is 9.60. The number of nitrogens with one attached hydrogen (secondary N) is 1. The average Bonchev–Trinajstić information content (AvgIpc) is 2.77. The number of aromatic nitrogens is 3. The first-order chi connectivity index (χ1) is 7.56. The number of amides is 2. The molecule has 0 saturated carbocycles. The number of rotatable bonds is 4. The molecule has 7 nitrogen and oxygen atoms in total. The first-order valence-electron chi connectivity index (χ1n) is 4.91. The Bertz CT molecular complexity index is 360. The Morgan fingerprint density at radius 3 is 2.56 bits per heavy atom. The van der Waals surface area contributed by atoms with Crippen molar-refractivity contribution in [3.05, 3.63) is 11.9 Å².